The number of alkyl halides is 3. The molecule has 0 saturated carbocycles. The Hall–Kier alpha value is -2.79. The number of aromatic nitrogens is 3. The van der Waals surface area contributed by atoms with E-state index in [0.29, 0.717) is 23.9 Å². The largest absolute Gasteiger partial charge is 0.416 e. The van der Waals surface area contributed by atoms with Crippen LogP contribution >= 0.6 is 0 Å². The van der Waals surface area contributed by atoms with Crippen LogP contribution in [-0.2, 0) is 16.2 Å². The lowest BCUT2D eigenvalue weighted by Gasteiger charge is -2.31. The number of Topliss-reactive ketones (excluding diaryl/α,β-unsaturated/α-hetero) is 1. The molecule has 7 nitrogen and oxygen atoms in total. The molecule has 1 aromatic heterocycles. The van der Waals surface area contributed by atoms with Crippen molar-refractivity contribution < 1.29 is 26.4 Å². The van der Waals surface area contributed by atoms with Crippen LogP contribution in [0.25, 0.3) is 11.0 Å². The van der Waals surface area contributed by atoms with Crippen LogP contribution in [0, 0.1) is 0 Å². The third-order valence-corrected chi connectivity index (χ3v) is 7.34. The average molecular weight is 452 g/mol. The maximum absolute atomic E-state index is 13.0. The SMILES string of the molecule is CC(=O)c1cccc(S(=O)(=O)N2CCC(n3nnc4cc(C(F)(F)F)ccc43)CC2)c1. The number of piperidine rings is 1. The highest BCUT2D eigenvalue weighted by Crippen LogP contribution is 2.33. The Balaban J connectivity index is 1.52. The minimum atomic E-state index is -4.46. The van der Waals surface area contributed by atoms with Crippen molar-refractivity contribution >= 4 is 26.8 Å². The number of sulfonamides is 1. The van der Waals surface area contributed by atoms with Crippen molar-refractivity contribution in [2.75, 3.05) is 13.1 Å². The van der Waals surface area contributed by atoms with Gasteiger partial charge in [0.1, 0.15) is 5.52 Å². The number of hydrogen-bond donors (Lipinski definition) is 0. The van der Waals surface area contributed by atoms with Gasteiger partial charge in [0.2, 0.25) is 10.0 Å². The predicted octanol–water partition coefficient (Wildman–Crippen LogP) is 3.68. The number of hydrogen-bond acceptors (Lipinski definition) is 5. The lowest BCUT2D eigenvalue weighted by molar-refractivity contribution is -0.137. The second-order valence-electron chi connectivity index (χ2n) is 7.45. The molecule has 2 aromatic carbocycles. The zero-order valence-corrected chi connectivity index (χ0v) is 17.3. The first-order valence-corrected chi connectivity index (χ1v) is 11.0. The van der Waals surface area contributed by atoms with Gasteiger partial charge >= 0.3 is 6.18 Å². The first-order valence-electron chi connectivity index (χ1n) is 9.60. The molecule has 0 N–H and O–H groups in total. The van der Waals surface area contributed by atoms with E-state index >= 15 is 0 Å². The predicted molar refractivity (Wildman–Crippen MR) is 106 cm³/mol. The van der Waals surface area contributed by atoms with E-state index in [2.05, 4.69) is 10.3 Å². The van der Waals surface area contributed by atoms with Gasteiger partial charge in [-0.1, -0.05) is 17.3 Å². The summed E-state index contributed by atoms with van der Waals surface area (Å²) >= 11 is 0. The van der Waals surface area contributed by atoms with E-state index in [-0.39, 0.29) is 35.3 Å². The van der Waals surface area contributed by atoms with E-state index in [0.717, 1.165) is 12.1 Å². The quantitative estimate of drug-likeness (QED) is 0.564. The molecule has 4 rings (SSSR count). The van der Waals surface area contributed by atoms with E-state index in [9.17, 15) is 26.4 Å². The van der Waals surface area contributed by atoms with Gasteiger partial charge in [0, 0.05) is 18.7 Å². The lowest BCUT2D eigenvalue weighted by Crippen LogP contribution is -2.39. The summed E-state index contributed by atoms with van der Waals surface area (Å²) in [5.41, 5.74) is 0.151. The molecular weight excluding hydrogens is 433 g/mol. The molecule has 2 heterocycles. The van der Waals surface area contributed by atoms with Gasteiger partial charge in [-0.05, 0) is 50.1 Å². The van der Waals surface area contributed by atoms with E-state index in [1.54, 1.807) is 10.7 Å². The fourth-order valence-electron chi connectivity index (χ4n) is 3.74. The summed E-state index contributed by atoms with van der Waals surface area (Å²) < 4.78 is 67.6. The molecule has 0 aliphatic carbocycles. The van der Waals surface area contributed by atoms with Gasteiger partial charge in [-0.2, -0.15) is 17.5 Å². The summed E-state index contributed by atoms with van der Waals surface area (Å²) in [6.07, 6.45) is -3.59. The van der Waals surface area contributed by atoms with Crippen LogP contribution < -0.4 is 0 Å². The minimum Gasteiger partial charge on any atom is -0.295 e. The zero-order chi connectivity index (χ0) is 22.4. The van der Waals surface area contributed by atoms with Gasteiger partial charge in [0.05, 0.1) is 22.0 Å². The summed E-state index contributed by atoms with van der Waals surface area (Å²) in [4.78, 5) is 11.6. The van der Waals surface area contributed by atoms with E-state index in [4.69, 9.17) is 0 Å². The monoisotopic (exact) mass is 452 g/mol. The standard InChI is InChI=1S/C20H19F3N4O3S/c1-13(28)14-3-2-4-17(11-14)31(29,30)26-9-7-16(8-10-26)27-19-6-5-15(20(21,22)23)12-18(19)24-25-27/h2-6,11-12,16H,7-10H2,1H3. The van der Waals surface area contributed by atoms with Gasteiger partial charge in [-0.25, -0.2) is 13.1 Å². The number of benzene rings is 2. The topological polar surface area (TPSA) is 85.2 Å². The van der Waals surface area contributed by atoms with E-state index in [1.165, 1.54) is 35.5 Å². The van der Waals surface area contributed by atoms with Crippen LogP contribution in [0.2, 0.25) is 0 Å². The molecule has 0 atom stereocenters. The average Bonchev–Trinajstić information content (AvgIpc) is 3.16. The van der Waals surface area contributed by atoms with Crippen LogP contribution in [0.3, 0.4) is 0 Å². The molecule has 0 amide bonds. The number of carbonyl (C=O) groups is 1. The molecule has 0 radical (unpaired) electrons. The molecule has 1 saturated heterocycles. The molecule has 31 heavy (non-hydrogen) atoms. The number of carbonyl (C=O) groups excluding carboxylic acids is 1. The maximum atomic E-state index is 13.0. The summed E-state index contributed by atoms with van der Waals surface area (Å²) in [5.74, 6) is -0.220. The Bertz CT molecular complexity index is 1250. The summed E-state index contributed by atoms with van der Waals surface area (Å²) in [6, 6.07) is 9.03. The molecule has 11 heteroatoms. The second kappa shape index (κ2) is 7.72. The van der Waals surface area contributed by atoms with Crippen LogP contribution in [0.4, 0.5) is 13.2 Å². The highest BCUT2D eigenvalue weighted by Gasteiger charge is 2.33. The molecule has 0 spiro atoms. The second-order valence-corrected chi connectivity index (χ2v) is 9.39. The summed E-state index contributed by atoms with van der Waals surface area (Å²) in [5, 5.41) is 7.87. The van der Waals surface area contributed by atoms with Crippen molar-refractivity contribution in [1.82, 2.24) is 19.3 Å². The van der Waals surface area contributed by atoms with E-state index in [1.807, 2.05) is 0 Å². The highest BCUT2D eigenvalue weighted by molar-refractivity contribution is 7.89. The number of halogens is 3. The van der Waals surface area contributed by atoms with Gasteiger partial charge in [0.25, 0.3) is 0 Å². The number of fused-ring (bicyclic) bond motifs is 1. The minimum absolute atomic E-state index is 0.0598. The number of nitrogens with zero attached hydrogens (tertiary/aromatic N) is 4. The van der Waals surface area contributed by atoms with Gasteiger partial charge < -0.3 is 0 Å². The van der Waals surface area contributed by atoms with Gasteiger partial charge in [-0.3, -0.25) is 4.79 Å². The van der Waals surface area contributed by atoms with E-state index < -0.39 is 21.8 Å². The Labute approximate surface area is 176 Å². The maximum Gasteiger partial charge on any atom is 0.416 e. The number of rotatable bonds is 4. The summed E-state index contributed by atoms with van der Waals surface area (Å²) in [6.45, 7) is 1.82. The molecule has 164 valence electrons. The van der Waals surface area contributed by atoms with Crippen molar-refractivity contribution in [3.63, 3.8) is 0 Å². The first-order chi connectivity index (χ1) is 14.6. The van der Waals surface area contributed by atoms with Gasteiger partial charge in [0.15, 0.2) is 5.78 Å². The van der Waals surface area contributed by atoms with Crippen molar-refractivity contribution in [3.05, 3.63) is 53.6 Å². The number of ketones is 1. The van der Waals surface area contributed by atoms with Crippen LogP contribution in [0.15, 0.2) is 47.4 Å². The first kappa shape index (κ1) is 21.4. The Morgan fingerprint density at radius 3 is 2.45 bits per heavy atom. The van der Waals surface area contributed by atoms with Crippen LogP contribution in [0.5, 0.6) is 0 Å². The fourth-order valence-corrected chi connectivity index (χ4v) is 5.26. The molecule has 0 bridgehead atoms. The lowest BCUT2D eigenvalue weighted by atomic mass is 10.1. The third kappa shape index (κ3) is 4.07. The highest BCUT2D eigenvalue weighted by atomic mass is 32.2. The van der Waals surface area contributed by atoms with Crippen molar-refractivity contribution in [1.29, 1.82) is 0 Å². The third-order valence-electron chi connectivity index (χ3n) is 5.45. The summed E-state index contributed by atoms with van der Waals surface area (Å²) in [7, 11) is -3.76. The fraction of sp³-hybridized carbons (Fsp3) is 0.350. The molecule has 1 aliphatic rings. The molecule has 1 aliphatic heterocycles. The Morgan fingerprint density at radius 1 is 1.10 bits per heavy atom. The molecule has 1 fully saturated rings. The molecule has 0 unspecified atom stereocenters. The Morgan fingerprint density at radius 2 is 1.81 bits per heavy atom. The Kier molecular flexibility index (Phi) is 5.34. The smallest absolute Gasteiger partial charge is 0.295 e. The van der Waals surface area contributed by atoms with Crippen molar-refractivity contribution in [2.45, 2.75) is 36.9 Å². The van der Waals surface area contributed by atoms with Crippen LogP contribution in [0.1, 0.15) is 41.7 Å². The normalized spacial score (nSPS) is 16.6. The molecular formula is C20H19F3N4O3S. The van der Waals surface area contributed by atoms with Crippen molar-refractivity contribution in [2.24, 2.45) is 0 Å². The zero-order valence-electron chi connectivity index (χ0n) is 16.5. The van der Waals surface area contributed by atoms with Crippen molar-refractivity contribution in [3.8, 4) is 0 Å². The molecule has 3 aromatic rings. The van der Waals surface area contributed by atoms with Gasteiger partial charge in [-0.15, -0.1) is 5.10 Å². The van der Waals surface area contributed by atoms with Crippen LogP contribution in [-0.4, -0.2) is 46.6 Å².